The second-order valence-electron chi connectivity index (χ2n) is 8.61. The number of ether oxygens (including phenoxy) is 2. The average molecular weight is 515 g/mol. The second-order valence-corrected chi connectivity index (χ2v) is 9.40. The van der Waals surface area contributed by atoms with Gasteiger partial charge < -0.3 is 9.47 Å². The molecule has 1 unspecified atom stereocenters. The quantitative estimate of drug-likeness (QED) is 0.329. The molecule has 0 saturated heterocycles. The average Bonchev–Trinajstić information content (AvgIpc) is 2.89. The van der Waals surface area contributed by atoms with Crippen molar-refractivity contribution >= 4 is 34.3 Å². The molecule has 3 aromatic rings. The van der Waals surface area contributed by atoms with E-state index in [1.807, 2.05) is 68.4 Å². The molecule has 0 amide bonds. The molecule has 0 spiro atoms. The van der Waals surface area contributed by atoms with Crippen LogP contribution in [0.5, 0.6) is 0 Å². The van der Waals surface area contributed by atoms with Crippen molar-refractivity contribution in [2.24, 2.45) is 0 Å². The van der Waals surface area contributed by atoms with E-state index in [-0.39, 0.29) is 5.03 Å². The lowest BCUT2D eigenvalue weighted by atomic mass is 9.70. The van der Waals surface area contributed by atoms with Crippen LogP contribution in [0.4, 0.5) is 0 Å². The fourth-order valence-electron chi connectivity index (χ4n) is 4.85. The van der Waals surface area contributed by atoms with Crippen molar-refractivity contribution in [3.8, 4) is 12.1 Å². The molecule has 4 rings (SSSR count). The number of halogens is 2. The van der Waals surface area contributed by atoms with E-state index in [2.05, 4.69) is 12.1 Å². The van der Waals surface area contributed by atoms with Crippen molar-refractivity contribution in [3.63, 3.8) is 0 Å². The first-order valence-corrected chi connectivity index (χ1v) is 12.1. The summed E-state index contributed by atoms with van der Waals surface area (Å²) in [5, 5.41) is 20.4. The Morgan fingerprint density at radius 2 is 1.50 bits per heavy atom. The number of hydrogen-bond acceptors (Lipinski definition) is 4. The number of allylic oxidation sites excluding steroid dienone is 2. The SMILES string of the molecule is COC1(OC)C(c2ccccc2)=C(Cl)C(C#N)=C(c2ccc(C)c(C)c2)C1c1ccc(C#N)c(Cl)c1. The summed E-state index contributed by atoms with van der Waals surface area (Å²) >= 11 is 13.5. The molecule has 0 N–H and O–H groups in total. The molecule has 0 saturated carbocycles. The Bertz CT molecular complexity index is 1470. The van der Waals surface area contributed by atoms with Crippen LogP contribution in [0.1, 0.15) is 39.3 Å². The molecule has 3 aromatic carbocycles. The van der Waals surface area contributed by atoms with E-state index < -0.39 is 11.7 Å². The van der Waals surface area contributed by atoms with Crippen LogP contribution >= 0.6 is 23.2 Å². The number of rotatable bonds is 5. The van der Waals surface area contributed by atoms with E-state index in [0.29, 0.717) is 27.3 Å². The number of benzene rings is 3. The fraction of sp³-hybridized carbons (Fsp3) is 0.200. The van der Waals surface area contributed by atoms with Gasteiger partial charge in [-0.05, 0) is 59.4 Å². The van der Waals surface area contributed by atoms with E-state index in [4.69, 9.17) is 32.7 Å². The summed E-state index contributed by atoms with van der Waals surface area (Å²) in [5.74, 6) is -2.03. The molecule has 0 heterocycles. The monoisotopic (exact) mass is 514 g/mol. The molecule has 6 heteroatoms. The Morgan fingerprint density at radius 1 is 0.806 bits per heavy atom. The molecule has 1 aliphatic carbocycles. The summed E-state index contributed by atoms with van der Waals surface area (Å²) in [7, 11) is 3.12. The highest BCUT2D eigenvalue weighted by atomic mass is 35.5. The number of aryl methyl sites for hydroxylation is 2. The summed E-state index contributed by atoms with van der Waals surface area (Å²) in [4.78, 5) is 0. The summed E-state index contributed by atoms with van der Waals surface area (Å²) in [5.41, 5.74) is 6.40. The zero-order chi connectivity index (χ0) is 26.0. The minimum absolute atomic E-state index is 0.261. The van der Waals surface area contributed by atoms with Crippen LogP contribution in [0.3, 0.4) is 0 Å². The summed E-state index contributed by atoms with van der Waals surface area (Å²) in [6.07, 6.45) is 0. The van der Waals surface area contributed by atoms with E-state index in [9.17, 15) is 10.5 Å². The fourth-order valence-corrected chi connectivity index (χ4v) is 5.46. The van der Waals surface area contributed by atoms with Gasteiger partial charge in [-0.1, -0.05) is 77.8 Å². The summed E-state index contributed by atoms with van der Waals surface area (Å²) in [6.45, 7) is 4.06. The van der Waals surface area contributed by atoms with Gasteiger partial charge in [0.1, 0.15) is 12.1 Å². The Labute approximate surface area is 221 Å². The maximum atomic E-state index is 10.4. The van der Waals surface area contributed by atoms with Gasteiger partial charge in [-0.2, -0.15) is 10.5 Å². The lowest BCUT2D eigenvalue weighted by Crippen LogP contribution is -2.45. The van der Waals surface area contributed by atoms with Gasteiger partial charge in [-0.3, -0.25) is 0 Å². The Hall–Kier alpha value is -3.38. The Morgan fingerprint density at radius 3 is 2.06 bits per heavy atom. The van der Waals surface area contributed by atoms with Crippen molar-refractivity contribution < 1.29 is 9.47 Å². The van der Waals surface area contributed by atoms with Crippen molar-refractivity contribution in [3.05, 3.63) is 116 Å². The first kappa shape index (κ1) is 25.7. The highest BCUT2D eigenvalue weighted by Gasteiger charge is 2.52. The molecular weight excluding hydrogens is 491 g/mol. The van der Waals surface area contributed by atoms with Gasteiger partial charge in [0.25, 0.3) is 0 Å². The van der Waals surface area contributed by atoms with Gasteiger partial charge in [0.2, 0.25) is 5.79 Å². The van der Waals surface area contributed by atoms with Gasteiger partial charge in [-0.25, -0.2) is 0 Å². The molecule has 0 aliphatic heterocycles. The number of hydrogen-bond donors (Lipinski definition) is 0. The molecule has 0 aromatic heterocycles. The molecule has 0 radical (unpaired) electrons. The van der Waals surface area contributed by atoms with Crippen molar-refractivity contribution in [1.29, 1.82) is 10.5 Å². The van der Waals surface area contributed by atoms with E-state index in [0.717, 1.165) is 27.8 Å². The first-order valence-electron chi connectivity index (χ1n) is 11.3. The molecule has 180 valence electrons. The van der Waals surface area contributed by atoms with Crippen LogP contribution in [-0.2, 0) is 9.47 Å². The minimum atomic E-state index is -1.40. The van der Waals surface area contributed by atoms with Crippen molar-refractivity contribution in [2.75, 3.05) is 14.2 Å². The third-order valence-corrected chi connectivity index (χ3v) is 7.46. The maximum absolute atomic E-state index is 10.4. The molecule has 1 atom stereocenters. The largest absolute Gasteiger partial charge is 0.348 e. The predicted molar refractivity (Wildman–Crippen MR) is 143 cm³/mol. The zero-order valence-corrected chi connectivity index (χ0v) is 21.9. The second kappa shape index (κ2) is 10.3. The van der Waals surface area contributed by atoms with Crippen LogP contribution < -0.4 is 0 Å². The zero-order valence-electron chi connectivity index (χ0n) is 20.4. The molecule has 1 aliphatic rings. The lowest BCUT2D eigenvalue weighted by molar-refractivity contribution is -0.168. The topological polar surface area (TPSA) is 66.0 Å². The van der Waals surface area contributed by atoms with Gasteiger partial charge in [-0.15, -0.1) is 0 Å². The smallest absolute Gasteiger partial charge is 0.207 e. The van der Waals surface area contributed by atoms with Gasteiger partial charge in [0.05, 0.1) is 27.1 Å². The molecule has 36 heavy (non-hydrogen) atoms. The third kappa shape index (κ3) is 4.13. The van der Waals surface area contributed by atoms with Gasteiger partial charge in [0, 0.05) is 19.8 Å². The van der Waals surface area contributed by atoms with E-state index in [1.54, 1.807) is 26.4 Å². The first-order chi connectivity index (χ1) is 17.3. The van der Waals surface area contributed by atoms with Gasteiger partial charge >= 0.3 is 0 Å². The third-order valence-electron chi connectivity index (χ3n) is 6.77. The molecule has 0 bridgehead atoms. The number of methoxy groups -OCH3 is 2. The van der Waals surface area contributed by atoms with E-state index >= 15 is 0 Å². The Kier molecular flexibility index (Phi) is 7.36. The summed E-state index contributed by atoms with van der Waals surface area (Å²) < 4.78 is 12.4. The standard InChI is InChI=1S/C30H24Cl2N2O2/c1-18-10-11-21(14-19(18)2)26-24(17-34)29(32)28(20-8-6-5-7-9-20)30(35-3,36-4)27(26)22-12-13-23(16-33)25(31)15-22/h5-15,27H,1-4H3. The normalized spacial score (nSPS) is 17.1. The van der Waals surface area contributed by atoms with Crippen LogP contribution in [0.15, 0.2) is 77.3 Å². The highest BCUT2D eigenvalue weighted by Crippen LogP contribution is 2.57. The van der Waals surface area contributed by atoms with Crippen molar-refractivity contribution in [2.45, 2.75) is 25.6 Å². The maximum Gasteiger partial charge on any atom is 0.207 e. The van der Waals surface area contributed by atoms with E-state index in [1.165, 1.54) is 0 Å². The van der Waals surface area contributed by atoms with Crippen LogP contribution in [-0.4, -0.2) is 20.0 Å². The van der Waals surface area contributed by atoms with Crippen molar-refractivity contribution in [1.82, 2.24) is 0 Å². The minimum Gasteiger partial charge on any atom is -0.348 e. The van der Waals surface area contributed by atoms with Crippen LogP contribution in [0.2, 0.25) is 5.02 Å². The molecular formula is C30H24Cl2N2O2. The lowest BCUT2D eigenvalue weighted by Gasteiger charge is -2.45. The highest BCUT2D eigenvalue weighted by molar-refractivity contribution is 6.37. The molecule has 4 nitrogen and oxygen atoms in total. The number of nitriles is 2. The predicted octanol–water partition coefficient (Wildman–Crippen LogP) is 7.54. The Balaban J connectivity index is 2.17. The van der Waals surface area contributed by atoms with Crippen LogP contribution in [0.25, 0.3) is 11.1 Å². The summed E-state index contributed by atoms with van der Waals surface area (Å²) in [6, 6.07) is 25.2. The van der Waals surface area contributed by atoms with Crippen LogP contribution in [0, 0.1) is 36.5 Å². The van der Waals surface area contributed by atoms with Gasteiger partial charge in [0.15, 0.2) is 0 Å². The number of nitrogens with zero attached hydrogens (tertiary/aromatic N) is 2. The molecule has 0 fully saturated rings.